The normalized spacial score (nSPS) is 11.2. The molecule has 0 bridgehead atoms. The van der Waals surface area contributed by atoms with Crippen molar-refractivity contribution in [1.29, 1.82) is 0 Å². The van der Waals surface area contributed by atoms with Crippen LogP contribution in [-0.2, 0) is 9.47 Å². The van der Waals surface area contributed by atoms with E-state index in [0.717, 1.165) is 5.39 Å². The summed E-state index contributed by atoms with van der Waals surface area (Å²) in [6.07, 6.45) is -0.432. The Morgan fingerprint density at radius 2 is 1.95 bits per heavy atom. The van der Waals surface area contributed by atoms with Crippen molar-refractivity contribution >= 4 is 16.9 Å². The Balaban J connectivity index is 1.97. The van der Waals surface area contributed by atoms with Gasteiger partial charge >= 0.3 is 0 Å². The smallest absolute Gasteiger partial charge is 0.287 e. The number of amides is 1. The van der Waals surface area contributed by atoms with Gasteiger partial charge in [0.1, 0.15) is 5.58 Å². The number of rotatable bonds is 7. The molecule has 0 spiro atoms. The Bertz CT molecular complexity index is 525. The summed E-state index contributed by atoms with van der Waals surface area (Å²) in [6.45, 7) is 5.12. The summed E-state index contributed by atoms with van der Waals surface area (Å²) in [4.78, 5) is 12.0. The van der Waals surface area contributed by atoms with E-state index in [1.807, 2.05) is 38.1 Å². The number of nitrogens with one attached hydrogen (secondary N) is 1. The highest BCUT2D eigenvalue weighted by Gasteiger charge is 2.14. The fourth-order valence-electron chi connectivity index (χ4n) is 1.89. The van der Waals surface area contributed by atoms with Crippen LogP contribution in [0.15, 0.2) is 34.7 Å². The van der Waals surface area contributed by atoms with Gasteiger partial charge in [0.05, 0.1) is 6.54 Å². The van der Waals surface area contributed by atoms with E-state index in [9.17, 15) is 4.79 Å². The van der Waals surface area contributed by atoms with Crippen LogP contribution in [-0.4, -0.2) is 32.0 Å². The lowest BCUT2D eigenvalue weighted by molar-refractivity contribution is -0.131. The summed E-state index contributed by atoms with van der Waals surface area (Å²) in [5.41, 5.74) is 0.698. The predicted molar refractivity (Wildman–Crippen MR) is 75.6 cm³/mol. The Labute approximate surface area is 117 Å². The molecule has 1 aromatic carbocycles. The molecule has 1 heterocycles. The van der Waals surface area contributed by atoms with E-state index in [1.54, 1.807) is 6.07 Å². The summed E-state index contributed by atoms with van der Waals surface area (Å²) in [6, 6.07) is 9.22. The van der Waals surface area contributed by atoms with Gasteiger partial charge < -0.3 is 19.2 Å². The third-order valence-corrected chi connectivity index (χ3v) is 2.78. The van der Waals surface area contributed by atoms with Crippen molar-refractivity contribution in [3.63, 3.8) is 0 Å². The van der Waals surface area contributed by atoms with E-state index < -0.39 is 6.29 Å². The zero-order chi connectivity index (χ0) is 14.4. The van der Waals surface area contributed by atoms with Crippen molar-refractivity contribution in [2.75, 3.05) is 19.8 Å². The van der Waals surface area contributed by atoms with Crippen LogP contribution in [0.3, 0.4) is 0 Å². The van der Waals surface area contributed by atoms with Gasteiger partial charge in [-0.1, -0.05) is 18.2 Å². The molecule has 2 rings (SSSR count). The Morgan fingerprint density at radius 1 is 1.25 bits per heavy atom. The molecule has 0 fully saturated rings. The van der Waals surface area contributed by atoms with Crippen LogP contribution in [0.4, 0.5) is 0 Å². The van der Waals surface area contributed by atoms with E-state index in [4.69, 9.17) is 13.9 Å². The van der Waals surface area contributed by atoms with Gasteiger partial charge in [0.2, 0.25) is 0 Å². The van der Waals surface area contributed by atoms with E-state index in [1.165, 1.54) is 0 Å². The molecular formula is C15H19NO4. The van der Waals surface area contributed by atoms with E-state index >= 15 is 0 Å². The lowest BCUT2D eigenvalue weighted by atomic mass is 10.2. The number of hydrogen-bond donors (Lipinski definition) is 1. The molecule has 0 atom stereocenters. The Kier molecular flexibility index (Phi) is 5.15. The molecule has 1 N–H and O–H groups in total. The minimum absolute atomic E-state index is 0.273. The lowest BCUT2D eigenvalue weighted by Crippen LogP contribution is -2.35. The maximum absolute atomic E-state index is 12.0. The van der Waals surface area contributed by atoms with Crippen molar-refractivity contribution in [1.82, 2.24) is 5.32 Å². The van der Waals surface area contributed by atoms with Gasteiger partial charge in [0.25, 0.3) is 5.91 Å². The first-order chi connectivity index (χ1) is 9.74. The van der Waals surface area contributed by atoms with Crippen molar-refractivity contribution < 1.29 is 18.7 Å². The first-order valence-electron chi connectivity index (χ1n) is 6.74. The predicted octanol–water partition coefficient (Wildman–Crippen LogP) is 2.56. The summed E-state index contributed by atoms with van der Waals surface area (Å²) in [7, 11) is 0. The molecule has 0 saturated heterocycles. The topological polar surface area (TPSA) is 60.7 Å². The molecule has 5 nitrogen and oxygen atoms in total. The monoisotopic (exact) mass is 277 g/mol. The number of ether oxygens (including phenoxy) is 2. The first-order valence-corrected chi connectivity index (χ1v) is 6.74. The molecule has 1 amide bonds. The van der Waals surface area contributed by atoms with Crippen LogP contribution >= 0.6 is 0 Å². The largest absolute Gasteiger partial charge is 0.451 e. The number of para-hydroxylation sites is 1. The average Bonchev–Trinajstić information content (AvgIpc) is 2.89. The van der Waals surface area contributed by atoms with Gasteiger partial charge in [-0.2, -0.15) is 0 Å². The Hall–Kier alpha value is -1.85. The van der Waals surface area contributed by atoms with E-state index in [0.29, 0.717) is 18.8 Å². The highest BCUT2D eigenvalue weighted by atomic mass is 16.7. The van der Waals surface area contributed by atoms with Gasteiger partial charge in [-0.05, 0) is 26.0 Å². The lowest BCUT2D eigenvalue weighted by Gasteiger charge is -2.16. The van der Waals surface area contributed by atoms with Gasteiger partial charge in [0, 0.05) is 18.6 Å². The van der Waals surface area contributed by atoms with E-state index in [2.05, 4.69) is 5.32 Å². The quantitative estimate of drug-likeness (QED) is 0.790. The number of fused-ring (bicyclic) bond motifs is 1. The second-order valence-electron chi connectivity index (χ2n) is 4.20. The van der Waals surface area contributed by atoms with Crippen LogP contribution in [0, 0.1) is 0 Å². The molecule has 0 aliphatic heterocycles. The fraction of sp³-hybridized carbons (Fsp3) is 0.400. The highest BCUT2D eigenvalue weighted by molar-refractivity contribution is 5.96. The van der Waals surface area contributed by atoms with Crippen LogP contribution in [0.2, 0.25) is 0 Å². The molecule has 5 heteroatoms. The van der Waals surface area contributed by atoms with Crippen LogP contribution in [0.5, 0.6) is 0 Å². The molecular weight excluding hydrogens is 258 g/mol. The van der Waals surface area contributed by atoms with Crippen molar-refractivity contribution in [3.8, 4) is 0 Å². The van der Waals surface area contributed by atoms with Crippen LogP contribution in [0.1, 0.15) is 24.4 Å². The summed E-state index contributed by atoms with van der Waals surface area (Å²) in [5, 5.41) is 3.65. The van der Waals surface area contributed by atoms with Gasteiger partial charge in [0.15, 0.2) is 12.1 Å². The second kappa shape index (κ2) is 7.07. The second-order valence-corrected chi connectivity index (χ2v) is 4.20. The third kappa shape index (κ3) is 3.59. The molecule has 0 aliphatic rings. The highest BCUT2D eigenvalue weighted by Crippen LogP contribution is 2.18. The fourth-order valence-corrected chi connectivity index (χ4v) is 1.89. The maximum Gasteiger partial charge on any atom is 0.287 e. The molecule has 0 saturated carbocycles. The SMILES string of the molecule is CCOC(CNC(=O)c1cc2ccccc2o1)OCC. The molecule has 0 aliphatic carbocycles. The van der Waals surface area contributed by atoms with Crippen molar-refractivity contribution in [2.24, 2.45) is 0 Å². The third-order valence-electron chi connectivity index (χ3n) is 2.78. The van der Waals surface area contributed by atoms with Crippen molar-refractivity contribution in [3.05, 3.63) is 36.1 Å². The number of carbonyl (C=O) groups is 1. The minimum atomic E-state index is -0.432. The molecule has 0 unspecified atom stereocenters. The number of carbonyl (C=O) groups excluding carboxylic acids is 1. The van der Waals surface area contributed by atoms with Crippen LogP contribution in [0.25, 0.3) is 11.0 Å². The zero-order valence-electron chi connectivity index (χ0n) is 11.7. The standard InChI is InChI=1S/C15H19NO4/c1-3-18-14(19-4-2)10-16-15(17)13-9-11-7-5-6-8-12(11)20-13/h5-9,14H,3-4,10H2,1-2H3,(H,16,17). The minimum Gasteiger partial charge on any atom is -0.451 e. The number of benzene rings is 1. The molecule has 2 aromatic rings. The summed E-state index contributed by atoms with van der Waals surface area (Å²) in [5.74, 6) is 0.0172. The number of hydrogen-bond acceptors (Lipinski definition) is 4. The van der Waals surface area contributed by atoms with Gasteiger partial charge in [-0.25, -0.2) is 0 Å². The zero-order valence-corrected chi connectivity index (χ0v) is 11.7. The van der Waals surface area contributed by atoms with Gasteiger partial charge in [-0.15, -0.1) is 0 Å². The molecule has 0 radical (unpaired) electrons. The first kappa shape index (κ1) is 14.6. The summed E-state index contributed by atoms with van der Waals surface area (Å²) >= 11 is 0. The summed E-state index contributed by atoms with van der Waals surface area (Å²) < 4.78 is 16.2. The van der Waals surface area contributed by atoms with E-state index in [-0.39, 0.29) is 18.2 Å². The van der Waals surface area contributed by atoms with Crippen molar-refractivity contribution in [2.45, 2.75) is 20.1 Å². The van der Waals surface area contributed by atoms with Crippen LogP contribution < -0.4 is 5.32 Å². The molecule has 1 aromatic heterocycles. The Morgan fingerprint density at radius 3 is 2.60 bits per heavy atom. The number of furan rings is 1. The molecule has 108 valence electrons. The molecule has 20 heavy (non-hydrogen) atoms. The maximum atomic E-state index is 12.0. The van der Waals surface area contributed by atoms with Gasteiger partial charge in [-0.3, -0.25) is 4.79 Å². The average molecular weight is 277 g/mol.